The topological polar surface area (TPSA) is 98.1 Å². The lowest BCUT2D eigenvalue weighted by atomic mass is 10.1. The predicted molar refractivity (Wildman–Crippen MR) is 93.7 cm³/mol. The van der Waals surface area contributed by atoms with Crippen LogP contribution in [0.25, 0.3) is 11.3 Å². The summed E-state index contributed by atoms with van der Waals surface area (Å²) in [6, 6.07) is 0.503. The van der Waals surface area contributed by atoms with Crippen LogP contribution in [-0.4, -0.2) is 45.1 Å². The average Bonchev–Trinajstić information content (AvgIpc) is 3.18. The smallest absolute Gasteiger partial charge is 0.218 e. The van der Waals surface area contributed by atoms with Gasteiger partial charge in [-0.15, -0.1) is 0 Å². The van der Waals surface area contributed by atoms with Crippen molar-refractivity contribution in [1.82, 2.24) is 20.0 Å². The van der Waals surface area contributed by atoms with E-state index in [0.717, 1.165) is 54.3 Å². The van der Waals surface area contributed by atoms with Crippen LogP contribution in [0.4, 0.5) is 0 Å². The molecular formula is C18H25N5O2. The van der Waals surface area contributed by atoms with E-state index in [9.17, 15) is 4.79 Å². The molecule has 3 heterocycles. The molecule has 2 N–H and O–H groups in total. The van der Waals surface area contributed by atoms with Gasteiger partial charge in [-0.2, -0.15) is 0 Å². The third-order valence-corrected chi connectivity index (χ3v) is 4.87. The zero-order valence-corrected chi connectivity index (χ0v) is 14.9. The molecule has 1 atom stereocenters. The van der Waals surface area contributed by atoms with Gasteiger partial charge < -0.3 is 10.3 Å². The first-order valence-corrected chi connectivity index (χ1v) is 8.81. The summed E-state index contributed by atoms with van der Waals surface area (Å²) in [5.41, 5.74) is 8.79. The Balaban J connectivity index is 1.58. The molecule has 1 fully saturated rings. The fourth-order valence-corrected chi connectivity index (χ4v) is 3.55. The summed E-state index contributed by atoms with van der Waals surface area (Å²) in [6.45, 7) is 5.60. The van der Waals surface area contributed by atoms with Crippen LogP contribution in [-0.2, 0) is 11.2 Å². The van der Waals surface area contributed by atoms with Gasteiger partial charge in [0.15, 0.2) is 0 Å². The summed E-state index contributed by atoms with van der Waals surface area (Å²) in [5, 5.41) is 3.96. The Morgan fingerprint density at radius 3 is 2.84 bits per heavy atom. The van der Waals surface area contributed by atoms with Crippen LogP contribution in [0.5, 0.6) is 0 Å². The molecule has 0 aromatic carbocycles. The Morgan fingerprint density at radius 2 is 2.20 bits per heavy atom. The Bertz CT molecular complexity index is 706. The van der Waals surface area contributed by atoms with Gasteiger partial charge in [0.1, 0.15) is 5.76 Å². The number of carbonyl (C=O) groups is 1. The number of nitrogens with two attached hydrogens (primary N) is 1. The second-order valence-electron chi connectivity index (χ2n) is 6.68. The first-order valence-electron chi connectivity index (χ1n) is 8.81. The number of primary amides is 1. The van der Waals surface area contributed by atoms with Crippen molar-refractivity contribution in [3.8, 4) is 11.3 Å². The van der Waals surface area contributed by atoms with Gasteiger partial charge >= 0.3 is 0 Å². The quantitative estimate of drug-likeness (QED) is 0.826. The van der Waals surface area contributed by atoms with Crippen molar-refractivity contribution in [2.45, 2.75) is 52.0 Å². The van der Waals surface area contributed by atoms with Gasteiger partial charge in [0.25, 0.3) is 0 Å². The lowest BCUT2D eigenvalue weighted by molar-refractivity contribution is -0.118. The summed E-state index contributed by atoms with van der Waals surface area (Å²) < 4.78 is 5.19. The van der Waals surface area contributed by atoms with Crippen LogP contribution in [0.3, 0.4) is 0 Å². The van der Waals surface area contributed by atoms with Gasteiger partial charge in [0.2, 0.25) is 5.91 Å². The second kappa shape index (κ2) is 7.74. The van der Waals surface area contributed by atoms with E-state index >= 15 is 0 Å². The second-order valence-corrected chi connectivity index (χ2v) is 6.68. The Hall–Kier alpha value is -2.28. The number of rotatable bonds is 7. The molecule has 2 aromatic rings. The highest BCUT2D eigenvalue weighted by atomic mass is 16.5. The predicted octanol–water partition coefficient (Wildman–Crippen LogP) is 2.02. The lowest BCUT2D eigenvalue weighted by Crippen LogP contribution is -2.33. The van der Waals surface area contributed by atoms with Crippen molar-refractivity contribution >= 4 is 5.91 Å². The zero-order valence-electron chi connectivity index (χ0n) is 14.9. The molecule has 0 bridgehead atoms. The molecule has 1 unspecified atom stereocenters. The summed E-state index contributed by atoms with van der Waals surface area (Å²) in [4.78, 5) is 22.4. The van der Waals surface area contributed by atoms with E-state index in [1.807, 2.05) is 20.0 Å². The van der Waals surface area contributed by atoms with Crippen molar-refractivity contribution in [3.63, 3.8) is 0 Å². The van der Waals surface area contributed by atoms with E-state index < -0.39 is 0 Å². The van der Waals surface area contributed by atoms with Gasteiger partial charge in [0.05, 0.1) is 28.8 Å². The number of likely N-dealkylation sites (tertiary alicyclic amines) is 1. The van der Waals surface area contributed by atoms with Crippen molar-refractivity contribution in [3.05, 3.63) is 29.5 Å². The van der Waals surface area contributed by atoms with Crippen LogP contribution in [0, 0.1) is 13.8 Å². The standard InChI is InChI=1S/C18H25N5O2/c1-12-18(13(2)25-22-12)16-11-20-14(10-21-16)5-6-15-4-3-8-23(15)9-7-17(19)24/h10-11,15H,3-9H2,1-2H3,(H2,19,24). The van der Waals surface area contributed by atoms with Gasteiger partial charge in [-0.1, -0.05) is 5.16 Å². The minimum absolute atomic E-state index is 0.230. The molecule has 0 aliphatic carbocycles. The molecule has 2 aromatic heterocycles. The minimum Gasteiger partial charge on any atom is -0.370 e. The Kier molecular flexibility index (Phi) is 5.43. The van der Waals surface area contributed by atoms with Crippen LogP contribution < -0.4 is 5.73 Å². The third-order valence-electron chi connectivity index (χ3n) is 4.87. The van der Waals surface area contributed by atoms with E-state index in [0.29, 0.717) is 12.5 Å². The van der Waals surface area contributed by atoms with Gasteiger partial charge in [-0.05, 0) is 46.1 Å². The number of carbonyl (C=O) groups excluding carboxylic acids is 1. The number of amides is 1. The molecule has 0 spiro atoms. The van der Waals surface area contributed by atoms with Crippen molar-refractivity contribution in [1.29, 1.82) is 0 Å². The summed E-state index contributed by atoms with van der Waals surface area (Å²) in [6.07, 6.45) is 8.32. The molecule has 1 aliphatic heterocycles. The van der Waals surface area contributed by atoms with Crippen molar-refractivity contribution in [2.24, 2.45) is 5.73 Å². The van der Waals surface area contributed by atoms with E-state index in [-0.39, 0.29) is 5.91 Å². The fourth-order valence-electron chi connectivity index (χ4n) is 3.55. The number of aryl methyl sites for hydroxylation is 3. The SMILES string of the molecule is Cc1noc(C)c1-c1cnc(CCC2CCCN2CCC(N)=O)cn1. The molecule has 1 aliphatic rings. The molecule has 7 heteroatoms. The number of hydrogen-bond donors (Lipinski definition) is 1. The van der Waals surface area contributed by atoms with E-state index in [2.05, 4.69) is 20.0 Å². The Morgan fingerprint density at radius 1 is 1.36 bits per heavy atom. The maximum atomic E-state index is 11.0. The lowest BCUT2D eigenvalue weighted by Gasteiger charge is -2.23. The van der Waals surface area contributed by atoms with E-state index in [4.69, 9.17) is 10.3 Å². The maximum Gasteiger partial charge on any atom is 0.218 e. The van der Waals surface area contributed by atoms with Crippen molar-refractivity contribution in [2.75, 3.05) is 13.1 Å². The maximum absolute atomic E-state index is 11.0. The monoisotopic (exact) mass is 343 g/mol. The highest BCUT2D eigenvalue weighted by Crippen LogP contribution is 2.25. The fraction of sp³-hybridized carbons (Fsp3) is 0.556. The number of hydrogen-bond acceptors (Lipinski definition) is 6. The molecule has 1 amide bonds. The normalized spacial score (nSPS) is 17.9. The summed E-state index contributed by atoms with van der Waals surface area (Å²) in [7, 11) is 0. The van der Waals surface area contributed by atoms with Crippen LogP contribution in [0.1, 0.15) is 42.8 Å². The largest absolute Gasteiger partial charge is 0.370 e. The third kappa shape index (κ3) is 4.22. The zero-order chi connectivity index (χ0) is 17.8. The van der Waals surface area contributed by atoms with Crippen LogP contribution in [0.15, 0.2) is 16.9 Å². The highest BCUT2D eigenvalue weighted by molar-refractivity contribution is 5.73. The molecule has 0 saturated carbocycles. The average molecular weight is 343 g/mol. The number of nitrogens with zero attached hydrogens (tertiary/aromatic N) is 4. The highest BCUT2D eigenvalue weighted by Gasteiger charge is 2.24. The molecular weight excluding hydrogens is 318 g/mol. The van der Waals surface area contributed by atoms with Gasteiger partial charge in [0, 0.05) is 25.2 Å². The molecule has 0 radical (unpaired) electrons. The van der Waals surface area contributed by atoms with Crippen molar-refractivity contribution < 1.29 is 9.32 Å². The molecule has 134 valence electrons. The molecule has 25 heavy (non-hydrogen) atoms. The summed E-state index contributed by atoms with van der Waals surface area (Å²) >= 11 is 0. The molecule has 7 nitrogen and oxygen atoms in total. The van der Waals surface area contributed by atoms with Crippen LogP contribution >= 0.6 is 0 Å². The number of aromatic nitrogens is 3. The first-order chi connectivity index (χ1) is 12.0. The van der Waals surface area contributed by atoms with Crippen LogP contribution in [0.2, 0.25) is 0 Å². The van der Waals surface area contributed by atoms with E-state index in [1.165, 1.54) is 12.8 Å². The van der Waals surface area contributed by atoms with Gasteiger partial charge in [-0.3, -0.25) is 19.7 Å². The Labute approximate surface area is 147 Å². The summed E-state index contributed by atoms with van der Waals surface area (Å²) in [5.74, 6) is 0.530. The van der Waals surface area contributed by atoms with Gasteiger partial charge in [-0.25, -0.2) is 0 Å². The van der Waals surface area contributed by atoms with E-state index in [1.54, 1.807) is 6.20 Å². The molecule has 3 rings (SSSR count). The minimum atomic E-state index is -0.230. The molecule has 1 saturated heterocycles. The first kappa shape index (κ1) is 17.5.